The van der Waals surface area contributed by atoms with Crippen molar-refractivity contribution in [2.24, 2.45) is 0 Å². The van der Waals surface area contributed by atoms with Gasteiger partial charge in [0.05, 0.1) is 11.2 Å². The Morgan fingerprint density at radius 3 is 2.86 bits per heavy atom. The van der Waals surface area contributed by atoms with Crippen LogP contribution in [0.3, 0.4) is 0 Å². The van der Waals surface area contributed by atoms with Gasteiger partial charge in [-0.2, -0.15) is 0 Å². The number of hydrogen-bond donors (Lipinski definition) is 4. The number of pyridine rings is 1. The summed E-state index contributed by atoms with van der Waals surface area (Å²) < 4.78 is 14.2. The maximum Gasteiger partial charge on any atom is 0.242 e. The van der Waals surface area contributed by atoms with E-state index in [4.69, 9.17) is 11.6 Å². The van der Waals surface area contributed by atoms with Gasteiger partial charge < -0.3 is 20.9 Å². The number of aromatic amines is 1. The zero-order chi connectivity index (χ0) is 21.0. The molecular formula is C18H19ClFN7O2. The summed E-state index contributed by atoms with van der Waals surface area (Å²) in [7, 11) is 1.52. The molecule has 0 aliphatic rings. The van der Waals surface area contributed by atoms with Crippen molar-refractivity contribution in [3.8, 4) is 11.4 Å². The molecule has 0 saturated heterocycles. The van der Waals surface area contributed by atoms with Crippen LogP contribution in [0.2, 0.25) is 5.02 Å². The number of fused-ring (bicyclic) bond motifs is 1. The van der Waals surface area contributed by atoms with Crippen molar-refractivity contribution in [3.63, 3.8) is 0 Å². The third kappa shape index (κ3) is 4.77. The van der Waals surface area contributed by atoms with E-state index in [9.17, 15) is 14.0 Å². The first kappa shape index (κ1) is 20.5. The summed E-state index contributed by atoms with van der Waals surface area (Å²) in [4.78, 5) is 38.7. The Kier molecular flexibility index (Phi) is 6.23. The van der Waals surface area contributed by atoms with Crippen molar-refractivity contribution in [1.29, 1.82) is 0 Å². The van der Waals surface area contributed by atoms with E-state index in [1.54, 1.807) is 19.2 Å². The van der Waals surface area contributed by atoms with Crippen LogP contribution in [0.4, 0.5) is 10.2 Å². The molecule has 1 atom stereocenters. The number of halogens is 2. The van der Waals surface area contributed by atoms with E-state index >= 15 is 0 Å². The number of nitrogens with one attached hydrogen (secondary N) is 4. The zero-order valence-electron chi connectivity index (χ0n) is 15.7. The van der Waals surface area contributed by atoms with E-state index in [0.29, 0.717) is 21.6 Å². The fourth-order valence-corrected chi connectivity index (χ4v) is 2.77. The van der Waals surface area contributed by atoms with E-state index in [-0.39, 0.29) is 30.5 Å². The van der Waals surface area contributed by atoms with Gasteiger partial charge in [-0.05, 0) is 13.0 Å². The van der Waals surface area contributed by atoms with Gasteiger partial charge in [0, 0.05) is 43.4 Å². The number of anilines is 1. The highest BCUT2D eigenvalue weighted by Crippen LogP contribution is 2.28. The predicted molar refractivity (Wildman–Crippen MR) is 107 cm³/mol. The molecule has 0 fully saturated rings. The van der Waals surface area contributed by atoms with Crippen LogP contribution in [-0.2, 0) is 9.59 Å². The Bertz CT molecular complexity index is 1060. The van der Waals surface area contributed by atoms with Crippen molar-refractivity contribution in [2.45, 2.75) is 19.4 Å². The van der Waals surface area contributed by atoms with Crippen molar-refractivity contribution < 1.29 is 14.0 Å². The summed E-state index contributed by atoms with van der Waals surface area (Å²) in [6, 6.07) is 0.925. The lowest BCUT2D eigenvalue weighted by Gasteiger charge is -2.15. The number of amides is 2. The van der Waals surface area contributed by atoms with E-state index in [1.165, 1.54) is 13.2 Å². The van der Waals surface area contributed by atoms with Crippen LogP contribution in [0.15, 0.2) is 24.7 Å². The molecule has 3 heterocycles. The van der Waals surface area contributed by atoms with Gasteiger partial charge in [-0.1, -0.05) is 11.6 Å². The van der Waals surface area contributed by atoms with Crippen molar-refractivity contribution in [1.82, 2.24) is 30.6 Å². The third-order valence-electron chi connectivity index (χ3n) is 4.16. The molecule has 0 radical (unpaired) electrons. The fraction of sp³-hybridized carbons (Fsp3) is 0.278. The Morgan fingerprint density at radius 1 is 1.31 bits per heavy atom. The maximum absolute atomic E-state index is 14.2. The Hall–Kier alpha value is -3.27. The minimum absolute atomic E-state index is 0.117. The third-order valence-corrected chi connectivity index (χ3v) is 4.37. The Morgan fingerprint density at radius 2 is 2.10 bits per heavy atom. The lowest BCUT2D eigenvalue weighted by molar-refractivity contribution is -0.122. The zero-order valence-corrected chi connectivity index (χ0v) is 16.5. The van der Waals surface area contributed by atoms with Crippen LogP contribution in [0.1, 0.15) is 13.3 Å². The van der Waals surface area contributed by atoms with E-state index < -0.39 is 17.8 Å². The van der Waals surface area contributed by atoms with Crippen molar-refractivity contribution >= 4 is 40.3 Å². The summed E-state index contributed by atoms with van der Waals surface area (Å²) in [5.41, 5.74) is 1.19. The number of aromatic nitrogens is 4. The van der Waals surface area contributed by atoms with Crippen LogP contribution in [0.25, 0.3) is 22.4 Å². The number of nitrogens with zero attached hydrogens (tertiary/aromatic N) is 3. The topological polar surface area (TPSA) is 125 Å². The summed E-state index contributed by atoms with van der Waals surface area (Å²) >= 11 is 6.01. The lowest BCUT2D eigenvalue weighted by atomic mass is 10.2. The second-order valence-electron chi connectivity index (χ2n) is 6.22. The molecule has 3 aromatic rings. The first-order valence-electron chi connectivity index (χ1n) is 8.79. The van der Waals surface area contributed by atoms with Gasteiger partial charge in [0.15, 0.2) is 17.5 Å². The van der Waals surface area contributed by atoms with E-state index in [1.807, 2.05) is 0 Å². The quantitative estimate of drug-likeness (QED) is 0.463. The highest BCUT2D eigenvalue weighted by molar-refractivity contribution is 6.31. The molecule has 3 rings (SSSR count). The van der Waals surface area contributed by atoms with Crippen LogP contribution in [0, 0.1) is 5.82 Å². The van der Waals surface area contributed by atoms with Crippen LogP contribution in [-0.4, -0.2) is 51.4 Å². The largest absolute Gasteiger partial charge is 0.359 e. The lowest BCUT2D eigenvalue weighted by Crippen LogP contribution is -2.39. The Labute approximate surface area is 170 Å². The van der Waals surface area contributed by atoms with Gasteiger partial charge in [0.1, 0.15) is 11.7 Å². The van der Waals surface area contributed by atoms with Gasteiger partial charge in [-0.15, -0.1) is 0 Å². The van der Waals surface area contributed by atoms with E-state index in [0.717, 1.165) is 6.20 Å². The van der Waals surface area contributed by atoms with Crippen LogP contribution >= 0.6 is 11.6 Å². The van der Waals surface area contributed by atoms with E-state index in [2.05, 4.69) is 35.9 Å². The van der Waals surface area contributed by atoms with Crippen LogP contribution < -0.4 is 16.0 Å². The number of hydrogen-bond acceptors (Lipinski definition) is 6. The first-order valence-corrected chi connectivity index (χ1v) is 9.17. The molecule has 0 aliphatic carbocycles. The molecule has 3 aromatic heterocycles. The average Bonchev–Trinajstić information content (AvgIpc) is 3.12. The van der Waals surface area contributed by atoms with Gasteiger partial charge in [0.2, 0.25) is 11.8 Å². The second kappa shape index (κ2) is 8.82. The molecule has 0 unspecified atom stereocenters. The average molecular weight is 420 g/mol. The van der Waals surface area contributed by atoms with Crippen molar-refractivity contribution in [2.75, 3.05) is 18.9 Å². The minimum Gasteiger partial charge on any atom is -0.359 e. The molecule has 0 spiro atoms. The second-order valence-corrected chi connectivity index (χ2v) is 6.66. The highest BCUT2D eigenvalue weighted by atomic mass is 35.5. The molecule has 0 aromatic carbocycles. The molecule has 0 saturated carbocycles. The van der Waals surface area contributed by atoms with Gasteiger partial charge in [0.25, 0.3) is 0 Å². The summed E-state index contributed by atoms with van der Waals surface area (Å²) in [5.74, 6) is -1.15. The summed E-state index contributed by atoms with van der Waals surface area (Å²) in [5, 5.41) is 8.94. The number of carbonyl (C=O) groups excluding carboxylic acids is 2. The summed E-state index contributed by atoms with van der Waals surface area (Å²) in [6.45, 7) is 1.73. The number of carbonyl (C=O) groups is 2. The maximum atomic E-state index is 14.2. The molecule has 0 bridgehead atoms. The molecule has 4 N–H and O–H groups in total. The Balaban J connectivity index is 1.76. The molecule has 0 aliphatic heterocycles. The van der Waals surface area contributed by atoms with Gasteiger partial charge in [-0.3, -0.25) is 9.59 Å². The molecule has 2 amide bonds. The molecule has 152 valence electrons. The van der Waals surface area contributed by atoms with Crippen LogP contribution in [0.5, 0.6) is 0 Å². The monoisotopic (exact) mass is 419 g/mol. The normalized spacial score (nSPS) is 11.9. The highest BCUT2D eigenvalue weighted by Gasteiger charge is 2.18. The molecule has 9 nitrogen and oxygen atoms in total. The molecular weight excluding hydrogens is 401 g/mol. The fourth-order valence-electron chi connectivity index (χ4n) is 2.61. The van der Waals surface area contributed by atoms with Gasteiger partial charge >= 0.3 is 0 Å². The molecule has 29 heavy (non-hydrogen) atoms. The van der Waals surface area contributed by atoms with Crippen molar-refractivity contribution in [3.05, 3.63) is 35.5 Å². The predicted octanol–water partition coefficient (Wildman–Crippen LogP) is 1.87. The summed E-state index contributed by atoms with van der Waals surface area (Å²) in [6.07, 6.45) is 4.34. The SMILES string of the molecule is CNC(=O)CCNC(=O)[C@H](C)Nc1nc(-c2c[nH]c3ncc(Cl)cc23)ncc1F. The number of rotatable bonds is 7. The first-order chi connectivity index (χ1) is 13.9. The smallest absolute Gasteiger partial charge is 0.242 e. The minimum atomic E-state index is -0.781. The number of H-pyrrole nitrogens is 1. The molecule has 11 heteroatoms. The van der Waals surface area contributed by atoms with Gasteiger partial charge in [-0.25, -0.2) is 19.3 Å². The standard InChI is InChI=1S/C18H19ClFN7O2/c1-9(18(29)22-4-3-14(28)21-2)26-17-13(20)8-25-16(27-17)12-7-24-15-11(12)5-10(19)6-23-15/h5-9H,3-4H2,1-2H3,(H,21,28)(H,22,29)(H,23,24)(H,25,26,27)/t9-/m0/s1.